The summed E-state index contributed by atoms with van der Waals surface area (Å²) in [6.45, 7) is -0.174. The highest BCUT2D eigenvalue weighted by atomic mass is 32.5. The first-order valence-electron chi connectivity index (χ1n) is 6.67. The minimum absolute atomic E-state index is 0.199. The van der Waals surface area contributed by atoms with E-state index in [-0.39, 0.29) is 24.4 Å². The summed E-state index contributed by atoms with van der Waals surface area (Å²) in [5.74, 6) is -1.05. The molecule has 7 nitrogen and oxygen atoms in total. The molecule has 0 aromatic heterocycles. The van der Waals surface area contributed by atoms with E-state index in [4.69, 9.17) is 40.2 Å². The molecule has 1 rings (SSSR count). The summed E-state index contributed by atoms with van der Waals surface area (Å²) in [6, 6.07) is -0.199. The molecule has 10 heteroatoms. The number of ether oxygens (including phenoxy) is 3. The van der Waals surface area contributed by atoms with Crippen molar-refractivity contribution in [3.63, 3.8) is 0 Å². The number of hydrogen-bond donors (Lipinski definition) is 1. The van der Waals surface area contributed by atoms with E-state index >= 15 is 0 Å². The average molecular weight is 340 g/mol. The van der Waals surface area contributed by atoms with Crippen molar-refractivity contribution in [2.24, 2.45) is 0 Å². The second kappa shape index (κ2) is 8.57. The molecule has 0 aromatic carbocycles. The summed E-state index contributed by atoms with van der Waals surface area (Å²) in [6.07, 6.45) is -1.57. The molecular formula is C11H22BO7PS. The van der Waals surface area contributed by atoms with Gasteiger partial charge in [-0.25, -0.2) is 0 Å². The molecule has 1 heterocycles. The van der Waals surface area contributed by atoms with Crippen LogP contribution < -0.4 is 0 Å². The first-order valence-corrected chi connectivity index (χ1v) is 9.50. The summed E-state index contributed by atoms with van der Waals surface area (Å²) in [5, 5.41) is 8.95. The molecule has 0 radical (unpaired) electrons. The summed E-state index contributed by atoms with van der Waals surface area (Å²) >= 11 is 5.25. The molecule has 1 aliphatic heterocycles. The third-order valence-corrected chi connectivity index (χ3v) is 6.06. The fourth-order valence-corrected chi connectivity index (χ4v) is 4.10. The van der Waals surface area contributed by atoms with Crippen molar-refractivity contribution in [3.05, 3.63) is 0 Å². The Balaban J connectivity index is 2.86. The van der Waals surface area contributed by atoms with E-state index in [0.29, 0.717) is 13.2 Å². The highest BCUT2D eigenvalue weighted by Crippen LogP contribution is 2.50. The zero-order chi connectivity index (χ0) is 16.0. The Morgan fingerprint density at radius 3 is 2.57 bits per heavy atom. The number of methoxy groups -OCH3 is 1. The number of rotatable bonds is 9. The second-order valence-electron chi connectivity index (χ2n) is 4.65. The van der Waals surface area contributed by atoms with E-state index in [0.717, 1.165) is 0 Å². The molecule has 0 bridgehead atoms. The maximum absolute atomic E-state index is 10.9. The van der Waals surface area contributed by atoms with Crippen molar-refractivity contribution in [1.29, 1.82) is 0 Å². The van der Waals surface area contributed by atoms with Gasteiger partial charge < -0.3 is 28.4 Å². The molecule has 21 heavy (non-hydrogen) atoms. The Morgan fingerprint density at radius 1 is 1.43 bits per heavy atom. The van der Waals surface area contributed by atoms with Gasteiger partial charge >= 0.3 is 5.97 Å². The standard InChI is InChI=1S/C11H22BO7PS/c1-4-17-5-7-9(10(15-2)11(12)18-7)19-20(21,16-3)6-8(13)14/h7,9-11H,4-6,12H2,1-3H3,(H,13,14). The molecule has 1 fully saturated rings. The van der Waals surface area contributed by atoms with Crippen molar-refractivity contribution >= 4 is 32.1 Å². The van der Waals surface area contributed by atoms with E-state index in [1.54, 1.807) is 7.11 Å². The van der Waals surface area contributed by atoms with Crippen LogP contribution in [0.2, 0.25) is 0 Å². The van der Waals surface area contributed by atoms with Gasteiger partial charge in [0.1, 0.15) is 32.3 Å². The van der Waals surface area contributed by atoms with Gasteiger partial charge in [-0.2, -0.15) is 0 Å². The largest absolute Gasteiger partial charge is 0.481 e. The van der Waals surface area contributed by atoms with Crippen LogP contribution in [0.3, 0.4) is 0 Å². The number of aliphatic carboxylic acids is 1. The summed E-state index contributed by atoms with van der Waals surface area (Å²) < 4.78 is 27.5. The van der Waals surface area contributed by atoms with Crippen LogP contribution in [0.5, 0.6) is 0 Å². The molecule has 5 unspecified atom stereocenters. The second-order valence-corrected chi connectivity index (χ2v) is 8.44. The molecule has 1 N–H and O–H groups in total. The maximum atomic E-state index is 10.9. The van der Waals surface area contributed by atoms with E-state index in [2.05, 4.69) is 0 Å². The van der Waals surface area contributed by atoms with Gasteiger partial charge in [0.15, 0.2) is 6.49 Å². The van der Waals surface area contributed by atoms with E-state index in [1.165, 1.54) is 7.11 Å². The van der Waals surface area contributed by atoms with Crippen LogP contribution in [-0.4, -0.2) is 76.8 Å². The Morgan fingerprint density at radius 2 is 2.10 bits per heavy atom. The van der Waals surface area contributed by atoms with Crippen molar-refractivity contribution in [1.82, 2.24) is 0 Å². The molecular weight excluding hydrogens is 318 g/mol. The Kier molecular flexibility index (Phi) is 7.77. The fourth-order valence-electron chi connectivity index (χ4n) is 2.23. The SMILES string of the molecule is BC1OC(COCC)C(OP(=S)(CC(=O)O)OC)C1OC. The molecule has 0 amide bonds. The molecule has 0 saturated carbocycles. The average Bonchev–Trinajstić information content (AvgIpc) is 2.70. The third-order valence-electron chi connectivity index (χ3n) is 3.19. The summed E-state index contributed by atoms with van der Waals surface area (Å²) in [4.78, 5) is 10.9. The lowest BCUT2D eigenvalue weighted by molar-refractivity contribution is -0.134. The van der Waals surface area contributed by atoms with Gasteiger partial charge in [-0.3, -0.25) is 4.79 Å². The van der Waals surface area contributed by atoms with Crippen LogP contribution in [0.25, 0.3) is 0 Å². The number of carbonyl (C=O) groups is 1. The van der Waals surface area contributed by atoms with E-state index < -0.39 is 18.6 Å². The van der Waals surface area contributed by atoms with Crippen LogP contribution in [0.15, 0.2) is 0 Å². The Labute approximate surface area is 130 Å². The topological polar surface area (TPSA) is 83.5 Å². The van der Waals surface area contributed by atoms with Gasteiger partial charge in [-0.15, -0.1) is 0 Å². The van der Waals surface area contributed by atoms with Gasteiger partial charge in [-0.05, 0) is 18.7 Å². The van der Waals surface area contributed by atoms with Crippen LogP contribution in [0.4, 0.5) is 0 Å². The highest BCUT2D eigenvalue weighted by molar-refractivity contribution is 8.10. The minimum atomic E-state index is -2.93. The first kappa shape index (κ1) is 19.0. The molecule has 0 spiro atoms. The Bertz CT molecular complexity index is 397. The molecule has 122 valence electrons. The third kappa shape index (κ3) is 5.28. The van der Waals surface area contributed by atoms with Crippen LogP contribution >= 0.6 is 6.49 Å². The molecule has 5 atom stereocenters. The van der Waals surface area contributed by atoms with Crippen molar-refractivity contribution in [2.45, 2.75) is 31.2 Å². The quantitative estimate of drug-likeness (QED) is 0.457. The van der Waals surface area contributed by atoms with Crippen LogP contribution in [0, 0.1) is 0 Å². The monoisotopic (exact) mass is 340 g/mol. The zero-order valence-electron chi connectivity index (χ0n) is 12.7. The lowest BCUT2D eigenvalue weighted by Gasteiger charge is -2.28. The van der Waals surface area contributed by atoms with Gasteiger partial charge in [0.2, 0.25) is 0 Å². The number of carboxylic acid groups (broad SMARTS) is 1. The number of hydrogen-bond acceptors (Lipinski definition) is 7. The van der Waals surface area contributed by atoms with Crippen molar-refractivity contribution < 1.29 is 33.2 Å². The fraction of sp³-hybridized carbons (Fsp3) is 0.909. The minimum Gasteiger partial charge on any atom is -0.481 e. The predicted octanol–water partition coefficient (Wildman–Crippen LogP) is -0.178. The van der Waals surface area contributed by atoms with Gasteiger partial charge in [0.05, 0.1) is 12.6 Å². The zero-order valence-corrected chi connectivity index (χ0v) is 14.4. The van der Waals surface area contributed by atoms with Crippen LogP contribution in [0.1, 0.15) is 6.92 Å². The smallest absolute Gasteiger partial charge is 0.313 e. The van der Waals surface area contributed by atoms with E-state index in [9.17, 15) is 4.79 Å². The summed E-state index contributed by atoms with van der Waals surface area (Å²) in [7, 11) is 4.78. The van der Waals surface area contributed by atoms with Gasteiger partial charge in [0.25, 0.3) is 0 Å². The first-order chi connectivity index (χ1) is 9.86. The maximum Gasteiger partial charge on any atom is 0.313 e. The molecule has 1 aliphatic rings. The summed E-state index contributed by atoms with van der Waals surface area (Å²) in [5.41, 5.74) is 0. The van der Waals surface area contributed by atoms with Gasteiger partial charge in [0, 0.05) is 20.8 Å². The van der Waals surface area contributed by atoms with Crippen molar-refractivity contribution in [3.8, 4) is 0 Å². The molecule has 1 saturated heterocycles. The molecule has 0 aliphatic carbocycles. The molecule has 0 aromatic rings. The Hall–Kier alpha value is -0.0151. The predicted molar refractivity (Wildman–Crippen MR) is 83.2 cm³/mol. The van der Waals surface area contributed by atoms with Gasteiger partial charge in [-0.1, -0.05) is 0 Å². The number of carboxylic acids is 1. The normalized spacial score (nSPS) is 32.0. The van der Waals surface area contributed by atoms with Crippen LogP contribution in [-0.2, 0) is 39.9 Å². The lowest BCUT2D eigenvalue weighted by Crippen LogP contribution is -2.38. The lowest BCUT2D eigenvalue weighted by atomic mass is 9.93. The van der Waals surface area contributed by atoms with E-state index in [1.807, 2.05) is 14.8 Å². The van der Waals surface area contributed by atoms with Crippen molar-refractivity contribution in [2.75, 3.05) is 33.6 Å². The highest BCUT2D eigenvalue weighted by Gasteiger charge is 2.46.